The summed E-state index contributed by atoms with van der Waals surface area (Å²) in [6.07, 6.45) is 2.90. The maximum Gasteiger partial charge on any atom is 0.230 e. The van der Waals surface area contributed by atoms with Gasteiger partial charge in [-0.25, -0.2) is 0 Å². The zero-order valence-corrected chi connectivity index (χ0v) is 16.7. The number of nitrogens with one attached hydrogen (secondary N) is 2. The summed E-state index contributed by atoms with van der Waals surface area (Å²) in [6.45, 7) is 1.72. The van der Waals surface area contributed by atoms with Crippen LogP contribution in [0.25, 0.3) is 0 Å². The number of hydrogen-bond donors (Lipinski definition) is 2. The summed E-state index contributed by atoms with van der Waals surface area (Å²) >= 11 is 1.33. The predicted molar refractivity (Wildman–Crippen MR) is 112 cm³/mol. The second kappa shape index (κ2) is 8.82. The maximum atomic E-state index is 12.2. The van der Waals surface area contributed by atoms with Gasteiger partial charge in [-0.2, -0.15) is 5.10 Å². The van der Waals surface area contributed by atoms with E-state index in [0.29, 0.717) is 10.3 Å². The predicted octanol–water partition coefficient (Wildman–Crippen LogP) is 2.21. The van der Waals surface area contributed by atoms with Gasteiger partial charge in [0.05, 0.1) is 13.5 Å². The van der Waals surface area contributed by atoms with E-state index in [4.69, 9.17) is 4.74 Å². The molecule has 9 nitrogen and oxygen atoms in total. The maximum absolute atomic E-state index is 12.2. The van der Waals surface area contributed by atoms with Gasteiger partial charge in [0.2, 0.25) is 16.2 Å². The average molecular weight is 411 g/mol. The van der Waals surface area contributed by atoms with Gasteiger partial charge in [0.1, 0.15) is 5.75 Å². The molecule has 0 spiro atoms. The van der Waals surface area contributed by atoms with Crippen LogP contribution in [0, 0.1) is 0 Å². The largest absolute Gasteiger partial charge is 0.497 e. The van der Waals surface area contributed by atoms with Gasteiger partial charge in [-0.05, 0) is 36.2 Å². The molecular formula is C19H21N7O2S. The molecule has 29 heavy (non-hydrogen) atoms. The second-order valence-corrected chi connectivity index (χ2v) is 7.62. The van der Waals surface area contributed by atoms with Crippen LogP contribution in [0.3, 0.4) is 0 Å². The molecule has 1 amide bonds. The highest BCUT2D eigenvalue weighted by molar-refractivity contribution is 7.19. The molecule has 3 aromatic rings. The number of hydrogen-bond acceptors (Lipinski definition) is 9. The number of rotatable bonds is 7. The molecule has 2 N–H and O–H groups in total. The van der Waals surface area contributed by atoms with Crippen LogP contribution in [0.1, 0.15) is 12.0 Å². The first kappa shape index (κ1) is 19.1. The molecule has 2 aromatic heterocycles. The van der Waals surface area contributed by atoms with Gasteiger partial charge in [0.25, 0.3) is 0 Å². The molecule has 1 atom stereocenters. The molecule has 0 aliphatic carbocycles. The number of ether oxygens (including phenoxy) is 1. The highest BCUT2D eigenvalue weighted by atomic mass is 32.1. The topological polar surface area (TPSA) is 105 Å². The highest BCUT2D eigenvalue weighted by Crippen LogP contribution is 2.24. The molecule has 3 heterocycles. The van der Waals surface area contributed by atoms with Gasteiger partial charge >= 0.3 is 0 Å². The molecule has 4 rings (SSSR count). The smallest absolute Gasteiger partial charge is 0.230 e. The number of benzene rings is 1. The summed E-state index contributed by atoms with van der Waals surface area (Å²) in [5, 5.41) is 23.6. The normalized spacial score (nSPS) is 15.9. The molecule has 1 aliphatic rings. The van der Waals surface area contributed by atoms with E-state index < -0.39 is 0 Å². The van der Waals surface area contributed by atoms with Crippen LogP contribution in [0.4, 0.5) is 16.1 Å². The molecule has 1 aliphatic heterocycles. The third-order valence-corrected chi connectivity index (χ3v) is 5.36. The number of nitrogens with zero attached hydrogens (tertiary/aromatic N) is 5. The minimum atomic E-state index is -0.132. The number of carbonyl (C=O) groups excluding carboxylic acids is 1. The molecule has 0 saturated carbocycles. The zero-order chi connectivity index (χ0) is 20.1. The van der Waals surface area contributed by atoms with Crippen molar-refractivity contribution >= 4 is 33.3 Å². The molecule has 150 valence electrons. The molecule has 0 bridgehead atoms. The number of methoxy groups -OCH3 is 1. The lowest BCUT2D eigenvalue weighted by Crippen LogP contribution is -2.26. The Morgan fingerprint density at radius 2 is 2.03 bits per heavy atom. The number of amides is 1. The second-order valence-electron chi connectivity index (χ2n) is 6.64. The first-order valence-corrected chi connectivity index (χ1v) is 10.1. The third-order valence-electron chi connectivity index (χ3n) is 4.59. The van der Waals surface area contributed by atoms with E-state index in [1.807, 2.05) is 36.4 Å². The van der Waals surface area contributed by atoms with Crippen LogP contribution < -0.4 is 20.3 Å². The van der Waals surface area contributed by atoms with Crippen LogP contribution in [0.15, 0.2) is 42.6 Å². The number of carbonyl (C=O) groups is 1. The monoisotopic (exact) mass is 411 g/mol. The Hall–Kier alpha value is -3.27. The van der Waals surface area contributed by atoms with Gasteiger partial charge in [0, 0.05) is 25.3 Å². The lowest BCUT2D eigenvalue weighted by Gasteiger charge is -2.16. The SMILES string of the molecule is COc1ccc(CC(=O)Nc2nnc(NC3CCN(c4cccnn4)C3)s2)cc1. The van der Waals surface area contributed by atoms with Crippen LogP contribution in [-0.4, -0.2) is 52.5 Å². The van der Waals surface area contributed by atoms with Crippen molar-refractivity contribution in [3.8, 4) is 5.75 Å². The molecule has 1 aromatic carbocycles. The average Bonchev–Trinajstić information content (AvgIpc) is 3.39. The zero-order valence-electron chi connectivity index (χ0n) is 15.9. The molecular weight excluding hydrogens is 390 g/mol. The Morgan fingerprint density at radius 1 is 1.21 bits per heavy atom. The Morgan fingerprint density at radius 3 is 2.79 bits per heavy atom. The van der Waals surface area contributed by atoms with Crippen LogP contribution in [-0.2, 0) is 11.2 Å². The minimum absolute atomic E-state index is 0.132. The van der Waals surface area contributed by atoms with Crippen molar-refractivity contribution in [2.75, 3.05) is 35.7 Å². The van der Waals surface area contributed by atoms with Crippen molar-refractivity contribution in [3.63, 3.8) is 0 Å². The number of anilines is 3. The van der Waals surface area contributed by atoms with E-state index in [1.165, 1.54) is 11.3 Å². The Bertz CT molecular complexity index is 949. The molecule has 1 fully saturated rings. The lowest BCUT2D eigenvalue weighted by atomic mass is 10.1. The van der Waals surface area contributed by atoms with Gasteiger partial charge in [0.15, 0.2) is 5.82 Å². The Balaban J connectivity index is 1.27. The van der Waals surface area contributed by atoms with E-state index in [-0.39, 0.29) is 18.4 Å². The Kier molecular flexibility index (Phi) is 5.80. The summed E-state index contributed by atoms with van der Waals surface area (Å²) in [6, 6.07) is 11.5. The fraction of sp³-hybridized carbons (Fsp3) is 0.316. The lowest BCUT2D eigenvalue weighted by molar-refractivity contribution is -0.115. The minimum Gasteiger partial charge on any atom is -0.497 e. The van der Waals surface area contributed by atoms with Crippen LogP contribution in [0.2, 0.25) is 0 Å². The van der Waals surface area contributed by atoms with Gasteiger partial charge in [-0.1, -0.05) is 23.5 Å². The van der Waals surface area contributed by atoms with Crippen molar-refractivity contribution in [3.05, 3.63) is 48.2 Å². The van der Waals surface area contributed by atoms with E-state index in [1.54, 1.807) is 13.3 Å². The fourth-order valence-corrected chi connectivity index (χ4v) is 3.88. The van der Waals surface area contributed by atoms with Crippen molar-refractivity contribution < 1.29 is 9.53 Å². The molecule has 0 radical (unpaired) electrons. The summed E-state index contributed by atoms with van der Waals surface area (Å²) in [7, 11) is 1.61. The van der Waals surface area contributed by atoms with Crippen LogP contribution >= 0.6 is 11.3 Å². The summed E-state index contributed by atoms with van der Waals surface area (Å²) in [5.41, 5.74) is 0.904. The molecule has 10 heteroatoms. The fourth-order valence-electron chi connectivity index (χ4n) is 3.15. The van der Waals surface area contributed by atoms with Crippen LogP contribution in [0.5, 0.6) is 5.75 Å². The van der Waals surface area contributed by atoms with Crippen molar-refractivity contribution in [2.24, 2.45) is 0 Å². The molecule has 1 unspecified atom stereocenters. The molecule has 1 saturated heterocycles. The standard InChI is InChI=1S/C19H21N7O2S/c1-28-15-6-4-13(5-7-15)11-17(27)22-19-25-24-18(29-19)21-14-8-10-26(12-14)16-3-2-9-20-23-16/h2-7,9,14H,8,10-12H2,1H3,(H,21,24)(H,22,25,27). The Labute approximate surface area is 172 Å². The van der Waals surface area contributed by atoms with Crippen molar-refractivity contribution in [2.45, 2.75) is 18.9 Å². The van der Waals surface area contributed by atoms with Gasteiger partial charge in [-0.3, -0.25) is 4.79 Å². The third kappa shape index (κ3) is 4.96. The first-order chi connectivity index (χ1) is 14.2. The van der Waals surface area contributed by atoms with Gasteiger partial charge in [-0.15, -0.1) is 15.3 Å². The van der Waals surface area contributed by atoms with Crippen molar-refractivity contribution in [1.82, 2.24) is 20.4 Å². The summed E-state index contributed by atoms with van der Waals surface area (Å²) in [4.78, 5) is 14.4. The summed E-state index contributed by atoms with van der Waals surface area (Å²) < 4.78 is 5.13. The van der Waals surface area contributed by atoms with E-state index in [2.05, 4.69) is 35.9 Å². The van der Waals surface area contributed by atoms with E-state index >= 15 is 0 Å². The summed E-state index contributed by atoms with van der Waals surface area (Å²) in [5.74, 6) is 1.51. The van der Waals surface area contributed by atoms with Gasteiger partial charge < -0.3 is 20.3 Å². The quantitative estimate of drug-likeness (QED) is 0.610. The van der Waals surface area contributed by atoms with Crippen molar-refractivity contribution in [1.29, 1.82) is 0 Å². The highest BCUT2D eigenvalue weighted by Gasteiger charge is 2.24. The number of aromatic nitrogens is 4. The van der Waals surface area contributed by atoms with E-state index in [0.717, 1.165) is 36.6 Å². The van der Waals surface area contributed by atoms with E-state index in [9.17, 15) is 4.79 Å². The first-order valence-electron chi connectivity index (χ1n) is 9.25.